The number of hydrogen-bond acceptors (Lipinski definition) is 4. The van der Waals surface area contributed by atoms with Crippen LogP contribution in [0.1, 0.15) is 37.9 Å². The maximum absolute atomic E-state index is 4.75. The lowest BCUT2D eigenvalue weighted by atomic mass is 10.1. The summed E-state index contributed by atoms with van der Waals surface area (Å²) < 4.78 is 0. The van der Waals surface area contributed by atoms with Crippen LogP contribution < -0.4 is 15.5 Å². The molecule has 0 spiro atoms. The average Bonchev–Trinajstić information content (AvgIpc) is 2.78. The molecule has 0 aliphatic carbocycles. The molecule has 2 aromatic rings. The molecule has 0 radical (unpaired) electrons. The van der Waals surface area contributed by atoms with E-state index in [1.54, 1.807) is 0 Å². The molecule has 156 valence electrons. The van der Waals surface area contributed by atoms with E-state index >= 15 is 0 Å². The van der Waals surface area contributed by atoms with Crippen LogP contribution in [0.3, 0.4) is 0 Å². The number of benzene rings is 1. The van der Waals surface area contributed by atoms with Gasteiger partial charge in [0.25, 0.3) is 0 Å². The quantitative estimate of drug-likeness (QED) is 0.558. The van der Waals surface area contributed by atoms with Crippen LogP contribution in [-0.2, 0) is 6.54 Å². The second-order valence-electron chi connectivity index (χ2n) is 7.42. The summed E-state index contributed by atoms with van der Waals surface area (Å²) in [6.07, 6.45) is 1.95. The first-order valence-corrected chi connectivity index (χ1v) is 10.7. The Balaban J connectivity index is 1.58. The third-order valence-electron chi connectivity index (χ3n) is 5.37. The first-order valence-electron chi connectivity index (χ1n) is 10.7. The van der Waals surface area contributed by atoms with Gasteiger partial charge in [0.1, 0.15) is 5.82 Å². The lowest BCUT2D eigenvalue weighted by Gasteiger charge is -2.34. The van der Waals surface area contributed by atoms with E-state index in [1.165, 1.54) is 5.56 Å². The molecule has 0 amide bonds. The zero-order valence-electron chi connectivity index (χ0n) is 17.9. The Kier molecular flexibility index (Phi) is 7.87. The summed E-state index contributed by atoms with van der Waals surface area (Å²) in [6.45, 7) is 13.3. The number of guanidine groups is 1. The van der Waals surface area contributed by atoms with Gasteiger partial charge in [-0.2, -0.15) is 0 Å². The Hall–Kier alpha value is -2.60. The average molecular weight is 395 g/mol. The van der Waals surface area contributed by atoms with E-state index in [2.05, 4.69) is 82.6 Å². The van der Waals surface area contributed by atoms with Crippen LogP contribution in [0.25, 0.3) is 0 Å². The van der Waals surface area contributed by atoms with Gasteiger partial charge < -0.3 is 20.4 Å². The minimum Gasteiger partial charge on any atom is -0.357 e. The first-order chi connectivity index (χ1) is 14.2. The van der Waals surface area contributed by atoms with Gasteiger partial charge in [0.15, 0.2) is 5.96 Å². The van der Waals surface area contributed by atoms with Gasteiger partial charge in [-0.15, -0.1) is 0 Å². The molecule has 6 heteroatoms. The first kappa shape index (κ1) is 21.1. The molecule has 1 aliphatic rings. The fourth-order valence-corrected chi connectivity index (χ4v) is 3.51. The fourth-order valence-electron chi connectivity index (χ4n) is 3.51. The summed E-state index contributed by atoms with van der Waals surface area (Å²) in [6, 6.07) is 14.9. The molecule has 0 saturated carbocycles. The smallest absolute Gasteiger partial charge is 0.192 e. The van der Waals surface area contributed by atoms with Crippen molar-refractivity contribution in [3.8, 4) is 0 Å². The van der Waals surface area contributed by atoms with Gasteiger partial charge in [0, 0.05) is 38.9 Å². The van der Waals surface area contributed by atoms with Gasteiger partial charge in [-0.3, -0.25) is 0 Å². The SMILES string of the molecule is CCNC(=NCc1ccc(N2CCN(CC)CC2)nc1)NC(C)c1ccccc1. The predicted molar refractivity (Wildman–Crippen MR) is 121 cm³/mol. The third kappa shape index (κ3) is 6.19. The molecule has 6 nitrogen and oxygen atoms in total. The van der Waals surface area contributed by atoms with Crippen molar-refractivity contribution in [2.24, 2.45) is 4.99 Å². The number of aliphatic imine (C=N–C) groups is 1. The Morgan fingerprint density at radius 3 is 2.45 bits per heavy atom. The lowest BCUT2D eigenvalue weighted by molar-refractivity contribution is 0.270. The molecular weight excluding hydrogens is 360 g/mol. The Labute approximate surface area is 175 Å². The van der Waals surface area contributed by atoms with Crippen LogP contribution in [0.5, 0.6) is 0 Å². The molecule has 1 aromatic heterocycles. The zero-order valence-corrected chi connectivity index (χ0v) is 17.9. The van der Waals surface area contributed by atoms with E-state index in [-0.39, 0.29) is 6.04 Å². The van der Waals surface area contributed by atoms with Gasteiger partial charge >= 0.3 is 0 Å². The number of piperazine rings is 1. The largest absolute Gasteiger partial charge is 0.357 e. The highest BCUT2D eigenvalue weighted by Gasteiger charge is 2.16. The number of hydrogen-bond donors (Lipinski definition) is 2. The second-order valence-corrected chi connectivity index (χ2v) is 7.42. The molecule has 1 aromatic carbocycles. The van der Waals surface area contributed by atoms with E-state index in [4.69, 9.17) is 4.99 Å². The van der Waals surface area contributed by atoms with Crippen molar-refractivity contribution in [3.05, 3.63) is 59.8 Å². The normalized spacial score (nSPS) is 16.5. The van der Waals surface area contributed by atoms with Crippen LogP contribution in [0.2, 0.25) is 0 Å². The van der Waals surface area contributed by atoms with Crippen LogP contribution >= 0.6 is 0 Å². The fraction of sp³-hybridized carbons (Fsp3) is 0.478. The number of anilines is 1. The van der Waals surface area contributed by atoms with Crippen molar-refractivity contribution in [1.29, 1.82) is 0 Å². The highest BCUT2D eigenvalue weighted by atomic mass is 15.3. The maximum atomic E-state index is 4.75. The molecule has 29 heavy (non-hydrogen) atoms. The summed E-state index contributed by atoms with van der Waals surface area (Å²) in [5, 5.41) is 6.81. The highest BCUT2D eigenvalue weighted by molar-refractivity contribution is 5.80. The Bertz CT molecular complexity index is 751. The summed E-state index contributed by atoms with van der Waals surface area (Å²) in [5.74, 6) is 1.89. The van der Waals surface area contributed by atoms with Gasteiger partial charge in [-0.25, -0.2) is 9.98 Å². The minimum atomic E-state index is 0.191. The van der Waals surface area contributed by atoms with Crippen LogP contribution in [0.15, 0.2) is 53.7 Å². The van der Waals surface area contributed by atoms with Crippen LogP contribution in [0.4, 0.5) is 5.82 Å². The lowest BCUT2D eigenvalue weighted by Crippen LogP contribution is -2.46. The molecule has 1 fully saturated rings. The Morgan fingerprint density at radius 2 is 1.83 bits per heavy atom. The number of nitrogens with zero attached hydrogens (tertiary/aromatic N) is 4. The standard InChI is InChI=1S/C23H34N6/c1-4-24-23(27-19(3)21-9-7-6-8-10-21)26-18-20-11-12-22(25-17-20)29-15-13-28(5-2)14-16-29/h6-12,17,19H,4-5,13-16,18H2,1-3H3,(H2,24,26,27). The third-order valence-corrected chi connectivity index (χ3v) is 5.37. The molecule has 1 atom stereocenters. The van der Waals surface area contributed by atoms with Gasteiger partial charge in [0.2, 0.25) is 0 Å². The van der Waals surface area contributed by atoms with Crippen LogP contribution in [0, 0.1) is 0 Å². The van der Waals surface area contributed by atoms with Gasteiger partial charge in [-0.1, -0.05) is 43.3 Å². The van der Waals surface area contributed by atoms with E-state index in [1.807, 2.05) is 12.3 Å². The van der Waals surface area contributed by atoms with Crippen molar-refractivity contribution in [2.75, 3.05) is 44.2 Å². The zero-order chi connectivity index (χ0) is 20.5. The van der Waals surface area contributed by atoms with Crippen molar-refractivity contribution >= 4 is 11.8 Å². The van der Waals surface area contributed by atoms with Gasteiger partial charge in [-0.05, 0) is 37.6 Å². The van der Waals surface area contributed by atoms with Crippen molar-refractivity contribution in [3.63, 3.8) is 0 Å². The molecule has 1 aliphatic heterocycles. The second kappa shape index (κ2) is 10.8. The monoisotopic (exact) mass is 394 g/mol. The molecule has 3 rings (SSSR count). The molecule has 2 N–H and O–H groups in total. The van der Waals surface area contributed by atoms with E-state index in [0.717, 1.165) is 56.6 Å². The van der Waals surface area contributed by atoms with Crippen molar-refractivity contribution < 1.29 is 0 Å². The number of pyridine rings is 1. The number of aromatic nitrogens is 1. The van der Waals surface area contributed by atoms with E-state index in [9.17, 15) is 0 Å². The van der Waals surface area contributed by atoms with E-state index in [0.29, 0.717) is 6.54 Å². The summed E-state index contributed by atoms with van der Waals surface area (Å²) >= 11 is 0. The molecule has 1 unspecified atom stereocenters. The summed E-state index contributed by atoms with van der Waals surface area (Å²) in [4.78, 5) is 14.3. The van der Waals surface area contributed by atoms with Crippen LogP contribution in [-0.4, -0.2) is 55.1 Å². The van der Waals surface area contributed by atoms with Gasteiger partial charge in [0.05, 0.1) is 12.6 Å². The van der Waals surface area contributed by atoms with Crippen molar-refractivity contribution in [1.82, 2.24) is 20.5 Å². The topological polar surface area (TPSA) is 55.8 Å². The summed E-state index contributed by atoms with van der Waals surface area (Å²) in [5.41, 5.74) is 2.36. The number of rotatable bonds is 7. The molecule has 2 heterocycles. The van der Waals surface area contributed by atoms with Crippen molar-refractivity contribution in [2.45, 2.75) is 33.4 Å². The minimum absolute atomic E-state index is 0.191. The summed E-state index contributed by atoms with van der Waals surface area (Å²) in [7, 11) is 0. The molecule has 1 saturated heterocycles. The highest BCUT2D eigenvalue weighted by Crippen LogP contribution is 2.15. The molecule has 0 bridgehead atoms. The predicted octanol–water partition coefficient (Wildman–Crippen LogP) is 3.04. The Morgan fingerprint density at radius 1 is 1.07 bits per heavy atom. The maximum Gasteiger partial charge on any atom is 0.192 e. The number of nitrogens with one attached hydrogen (secondary N) is 2. The van der Waals surface area contributed by atoms with E-state index < -0.39 is 0 Å². The number of likely N-dealkylation sites (N-methyl/N-ethyl adjacent to an activating group) is 1. The molecular formula is C23H34N6.